The fraction of sp³-hybridized carbons (Fsp3) is 0.750. The van der Waals surface area contributed by atoms with Gasteiger partial charge < -0.3 is 19.7 Å². The van der Waals surface area contributed by atoms with Crippen LogP contribution in [0.1, 0.15) is 13.8 Å². The van der Waals surface area contributed by atoms with Gasteiger partial charge in [0.2, 0.25) is 5.91 Å². The van der Waals surface area contributed by atoms with Gasteiger partial charge in [-0.15, -0.1) is 0 Å². The van der Waals surface area contributed by atoms with Gasteiger partial charge in [-0.25, -0.2) is 9.59 Å². The molecule has 1 fully saturated rings. The van der Waals surface area contributed by atoms with Gasteiger partial charge in [0, 0.05) is 6.54 Å². The molecule has 114 valence electrons. The van der Waals surface area contributed by atoms with Crippen molar-refractivity contribution < 1.29 is 23.9 Å². The van der Waals surface area contributed by atoms with Crippen molar-refractivity contribution in [3.63, 3.8) is 0 Å². The number of alkyl carbamates (subject to hydrolysis) is 1. The van der Waals surface area contributed by atoms with Crippen molar-refractivity contribution in [2.24, 2.45) is 5.92 Å². The third-order valence-electron chi connectivity index (χ3n) is 3.14. The Labute approximate surface area is 117 Å². The molecule has 0 saturated carbocycles. The maximum atomic E-state index is 12.5. The van der Waals surface area contributed by atoms with E-state index in [1.807, 2.05) is 0 Å². The lowest BCUT2D eigenvalue weighted by molar-refractivity contribution is -0.151. The van der Waals surface area contributed by atoms with E-state index in [4.69, 9.17) is 0 Å². The molecule has 8 heteroatoms. The van der Waals surface area contributed by atoms with E-state index >= 15 is 0 Å². The van der Waals surface area contributed by atoms with Crippen LogP contribution in [-0.4, -0.2) is 62.4 Å². The summed E-state index contributed by atoms with van der Waals surface area (Å²) in [5.74, 6) is -0.963. The van der Waals surface area contributed by atoms with Crippen LogP contribution in [0.4, 0.5) is 4.79 Å². The van der Waals surface area contributed by atoms with E-state index in [-0.39, 0.29) is 18.5 Å². The van der Waals surface area contributed by atoms with Crippen LogP contribution in [0.3, 0.4) is 0 Å². The molecule has 0 spiro atoms. The Bertz CT molecular complexity index is 381. The Kier molecular flexibility index (Phi) is 5.75. The molecular weight excluding hydrogens is 266 g/mol. The monoisotopic (exact) mass is 287 g/mol. The Morgan fingerprint density at radius 3 is 2.40 bits per heavy atom. The molecular formula is C12H21N3O5. The smallest absolute Gasteiger partial charge is 0.407 e. The van der Waals surface area contributed by atoms with E-state index in [1.165, 1.54) is 19.1 Å². The SMILES string of the molecule is COC(=O)NC(C(=O)N1CNCC1C(=O)OC)C(C)C. The first-order valence-corrected chi connectivity index (χ1v) is 6.35. The quantitative estimate of drug-likeness (QED) is 0.664. The van der Waals surface area contributed by atoms with Gasteiger partial charge in [0.25, 0.3) is 0 Å². The van der Waals surface area contributed by atoms with Gasteiger partial charge in [0.1, 0.15) is 12.1 Å². The molecule has 0 aromatic rings. The van der Waals surface area contributed by atoms with Crippen molar-refractivity contribution in [1.29, 1.82) is 0 Å². The topological polar surface area (TPSA) is 97.0 Å². The second-order valence-corrected chi connectivity index (χ2v) is 4.82. The van der Waals surface area contributed by atoms with Gasteiger partial charge in [-0.3, -0.25) is 10.1 Å². The summed E-state index contributed by atoms with van der Waals surface area (Å²) in [5.41, 5.74) is 0. The number of methoxy groups -OCH3 is 2. The second kappa shape index (κ2) is 7.09. The minimum absolute atomic E-state index is 0.138. The van der Waals surface area contributed by atoms with Crippen LogP contribution >= 0.6 is 0 Å². The summed E-state index contributed by atoms with van der Waals surface area (Å²) in [6.45, 7) is 4.18. The van der Waals surface area contributed by atoms with Gasteiger partial charge in [0.15, 0.2) is 0 Å². The van der Waals surface area contributed by atoms with Gasteiger partial charge >= 0.3 is 12.1 Å². The van der Waals surface area contributed by atoms with Gasteiger partial charge in [0.05, 0.1) is 20.9 Å². The first-order chi connectivity index (χ1) is 9.42. The molecule has 1 heterocycles. The number of esters is 1. The highest BCUT2D eigenvalue weighted by Gasteiger charge is 2.39. The highest BCUT2D eigenvalue weighted by molar-refractivity contribution is 5.90. The number of carbonyl (C=O) groups excluding carboxylic acids is 3. The van der Waals surface area contributed by atoms with Gasteiger partial charge in [-0.1, -0.05) is 13.8 Å². The number of amides is 2. The minimum atomic E-state index is -0.755. The molecule has 20 heavy (non-hydrogen) atoms. The molecule has 1 rings (SSSR count). The third kappa shape index (κ3) is 3.60. The zero-order valence-electron chi connectivity index (χ0n) is 12.1. The van der Waals surface area contributed by atoms with Gasteiger partial charge in [-0.2, -0.15) is 0 Å². The Balaban J connectivity index is 2.83. The maximum absolute atomic E-state index is 12.5. The standard InChI is InChI=1S/C12H21N3O5/c1-7(2)9(14-12(18)20-4)10(16)15-6-13-5-8(15)11(17)19-3/h7-9,13H,5-6H2,1-4H3,(H,14,18). The average molecular weight is 287 g/mol. The maximum Gasteiger partial charge on any atom is 0.407 e. The zero-order chi connectivity index (χ0) is 15.3. The molecule has 2 N–H and O–H groups in total. The van der Waals surface area contributed by atoms with Crippen LogP contribution in [0.2, 0.25) is 0 Å². The zero-order valence-corrected chi connectivity index (χ0v) is 12.1. The molecule has 0 radical (unpaired) electrons. The van der Waals surface area contributed by atoms with Crippen LogP contribution in [0.5, 0.6) is 0 Å². The first kappa shape index (κ1) is 16.2. The van der Waals surface area contributed by atoms with Crippen LogP contribution in [0, 0.1) is 5.92 Å². The Morgan fingerprint density at radius 1 is 1.25 bits per heavy atom. The molecule has 0 aliphatic carbocycles. The van der Waals surface area contributed by atoms with Crippen LogP contribution in [0.15, 0.2) is 0 Å². The van der Waals surface area contributed by atoms with E-state index in [2.05, 4.69) is 20.1 Å². The summed E-state index contributed by atoms with van der Waals surface area (Å²) < 4.78 is 9.18. The van der Waals surface area contributed by atoms with Crippen LogP contribution in [0.25, 0.3) is 0 Å². The number of carbonyl (C=O) groups is 3. The molecule has 2 atom stereocenters. The summed E-state index contributed by atoms with van der Waals surface area (Å²) in [4.78, 5) is 36.8. The number of nitrogens with one attached hydrogen (secondary N) is 2. The van der Waals surface area contributed by atoms with E-state index < -0.39 is 24.1 Å². The predicted molar refractivity (Wildman–Crippen MR) is 69.7 cm³/mol. The van der Waals surface area contributed by atoms with Crippen molar-refractivity contribution in [2.45, 2.75) is 25.9 Å². The molecule has 1 aliphatic rings. The fourth-order valence-electron chi connectivity index (χ4n) is 2.00. The summed E-state index contributed by atoms with van der Waals surface area (Å²) in [5, 5.41) is 5.43. The molecule has 8 nitrogen and oxygen atoms in total. The number of ether oxygens (including phenoxy) is 2. The van der Waals surface area contributed by atoms with Gasteiger partial charge in [-0.05, 0) is 5.92 Å². The molecule has 2 amide bonds. The van der Waals surface area contributed by atoms with E-state index in [0.717, 1.165) is 0 Å². The van der Waals surface area contributed by atoms with E-state index in [1.54, 1.807) is 13.8 Å². The van der Waals surface area contributed by atoms with Crippen LogP contribution < -0.4 is 10.6 Å². The molecule has 0 aromatic heterocycles. The lowest BCUT2D eigenvalue weighted by Gasteiger charge is -2.28. The number of rotatable bonds is 4. The number of nitrogens with zero attached hydrogens (tertiary/aromatic N) is 1. The van der Waals surface area contributed by atoms with Crippen LogP contribution in [-0.2, 0) is 19.1 Å². The molecule has 1 aliphatic heterocycles. The van der Waals surface area contributed by atoms with Crippen molar-refractivity contribution in [1.82, 2.24) is 15.5 Å². The fourth-order valence-corrected chi connectivity index (χ4v) is 2.00. The molecule has 2 unspecified atom stereocenters. The average Bonchev–Trinajstić information content (AvgIpc) is 2.91. The number of hydrogen-bond acceptors (Lipinski definition) is 6. The lowest BCUT2D eigenvalue weighted by atomic mass is 10.0. The lowest BCUT2D eigenvalue weighted by Crippen LogP contribution is -2.54. The summed E-state index contributed by atoms with van der Waals surface area (Å²) in [6.07, 6.45) is -0.682. The van der Waals surface area contributed by atoms with Crippen molar-refractivity contribution in [3.8, 4) is 0 Å². The Hall–Kier alpha value is -1.83. The van der Waals surface area contributed by atoms with Crippen molar-refractivity contribution in [2.75, 3.05) is 27.4 Å². The Morgan fingerprint density at radius 2 is 1.90 bits per heavy atom. The summed E-state index contributed by atoms with van der Waals surface area (Å²) in [7, 11) is 2.50. The number of hydrogen-bond donors (Lipinski definition) is 2. The van der Waals surface area contributed by atoms with E-state index in [9.17, 15) is 14.4 Å². The summed E-state index contributed by atoms with van der Waals surface area (Å²) in [6, 6.07) is -1.43. The second-order valence-electron chi connectivity index (χ2n) is 4.82. The van der Waals surface area contributed by atoms with E-state index in [0.29, 0.717) is 6.54 Å². The molecule has 0 aromatic carbocycles. The molecule has 1 saturated heterocycles. The summed E-state index contributed by atoms with van der Waals surface area (Å²) >= 11 is 0. The largest absolute Gasteiger partial charge is 0.467 e. The predicted octanol–water partition coefficient (Wildman–Crippen LogP) is -0.702. The minimum Gasteiger partial charge on any atom is -0.467 e. The highest BCUT2D eigenvalue weighted by atomic mass is 16.5. The molecule has 0 bridgehead atoms. The van der Waals surface area contributed by atoms with Crippen molar-refractivity contribution in [3.05, 3.63) is 0 Å². The third-order valence-corrected chi connectivity index (χ3v) is 3.14. The highest BCUT2D eigenvalue weighted by Crippen LogP contribution is 2.13. The first-order valence-electron chi connectivity index (χ1n) is 6.35. The normalized spacial score (nSPS) is 19.6. The van der Waals surface area contributed by atoms with Crippen molar-refractivity contribution >= 4 is 18.0 Å².